The van der Waals surface area contributed by atoms with Gasteiger partial charge in [-0.3, -0.25) is 14.6 Å². The number of hydrogen-bond donors (Lipinski definition) is 3. The minimum atomic E-state index is -0.663. The maximum absolute atomic E-state index is 12.1. The molecule has 0 atom stereocenters. The molecule has 0 bridgehead atoms. The average molecular weight is 386 g/mol. The number of carbonyl (C=O) groups excluding carboxylic acids is 1. The molecule has 3 aromatic rings. The minimum absolute atomic E-state index is 0.107. The lowest BCUT2D eigenvalue weighted by molar-refractivity contribution is -0.118. The first kappa shape index (κ1) is 18.0. The van der Waals surface area contributed by atoms with Gasteiger partial charge in [-0.2, -0.15) is 5.26 Å². The highest BCUT2D eigenvalue weighted by Gasteiger charge is 2.17. The molecule has 132 valence electrons. The number of nitrogens with one attached hydrogen (secondary N) is 3. The number of hydrogen-bond acceptors (Lipinski definition) is 6. The summed E-state index contributed by atoms with van der Waals surface area (Å²) in [5, 5.41) is 12.2. The van der Waals surface area contributed by atoms with Gasteiger partial charge in [0.2, 0.25) is 5.91 Å². The van der Waals surface area contributed by atoms with Crippen LogP contribution in [0.15, 0.2) is 38.1 Å². The molecular formula is C17H14N4O3S2. The van der Waals surface area contributed by atoms with E-state index in [0.717, 1.165) is 22.5 Å². The number of benzene rings is 1. The molecule has 2 heterocycles. The number of amides is 1. The van der Waals surface area contributed by atoms with Crippen LogP contribution in [-0.2, 0) is 11.3 Å². The number of carbonyl (C=O) groups is 1. The van der Waals surface area contributed by atoms with E-state index in [1.807, 2.05) is 37.3 Å². The van der Waals surface area contributed by atoms with Crippen LogP contribution in [-0.4, -0.2) is 21.6 Å². The van der Waals surface area contributed by atoms with E-state index in [1.165, 1.54) is 11.8 Å². The topological polar surface area (TPSA) is 119 Å². The van der Waals surface area contributed by atoms with E-state index >= 15 is 0 Å². The molecule has 0 radical (unpaired) electrons. The van der Waals surface area contributed by atoms with Gasteiger partial charge < -0.3 is 10.3 Å². The number of aromatic amines is 2. The van der Waals surface area contributed by atoms with Gasteiger partial charge in [0.05, 0.1) is 15.5 Å². The van der Waals surface area contributed by atoms with Crippen molar-refractivity contribution in [3.05, 3.63) is 61.8 Å². The van der Waals surface area contributed by atoms with Gasteiger partial charge in [-0.1, -0.05) is 29.8 Å². The Kier molecular flexibility index (Phi) is 5.25. The van der Waals surface area contributed by atoms with Crippen LogP contribution in [0.3, 0.4) is 0 Å². The molecular weight excluding hydrogens is 372 g/mol. The van der Waals surface area contributed by atoms with Crippen LogP contribution in [0.2, 0.25) is 0 Å². The van der Waals surface area contributed by atoms with Crippen molar-refractivity contribution in [2.75, 3.05) is 5.75 Å². The van der Waals surface area contributed by atoms with E-state index in [4.69, 9.17) is 0 Å². The highest BCUT2D eigenvalue weighted by molar-refractivity contribution is 8.02. The number of aryl methyl sites for hydroxylation is 1. The molecule has 0 aliphatic rings. The summed E-state index contributed by atoms with van der Waals surface area (Å²) >= 11 is 2.26. The SMILES string of the molecule is Cc1ccc(CNC(=O)CSc2sc3c(=O)[nH]c(=O)[nH]c3c2C#N)cc1. The summed E-state index contributed by atoms with van der Waals surface area (Å²) in [6.45, 7) is 2.42. The Hall–Kier alpha value is -2.83. The largest absolute Gasteiger partial charge is 0.351 e. The molecule has 0 saturated carbocycles. The molecule has 1 amide bonds. The lowest BCUT2D eigenvalue weighted by Crippen LogP contribution is -2.24. The lowest BCUT2D eigenvalue weighted by atomic mass is 10.1. The Morgan fingerprint density at radius 3 is 2.69 bits per heavy atom. The smallest absolute Gasteiger partial charge is 0.326 e. The van der Waals surface area contributed by atoms with Crippen molar-refractivity contribution < 1.29 is 4.79 Å². The van der Waals surface area contributed by atoms with Crippen molar-refractivity contribution in [2.45, 2.75) is 17.7 Å². The monoisotopic (exact) mass is 386 g/mol. The third kappa shape index (κ3) is 3.87. The van der Waals surface area contributed by atoms with Crippen molar-refractivity contribution in [3.63, 3.8) is 0 Å². The van der Waals surface area contributed by atoms with Gasteiger partial charge in [0, 0.05) is 6.54 Å². The summed E-state index contributed by atoms with van der Waals surface area (Å²) in [5.41, 5.74) is 1.37. The van der Waals surface area contributed by atoms with E-state index in [1.54, 1.807) is 0 Å². The molecule has 0 spiro atoms. The van der Waals surface area contributed by atoms with E-state index in [-0.39, 0.29) is 27.4 Å². The van der Waals surface area contributed by atoms with Gasteiger partial charge in [-0.05, 0) is 12.5 Å². The van der Waals surface area contributed by atoms with Gasteiger partial charge in [0.15, 0.2) is 0 Å². The third-order valence-corrected chi connectivity index (χ3v) is 6.06. The maximum Gasteiger partial charge on any atom is 0.326 e. The molecule has 2 aromatic heterocycles. The second-order valence-corrected chi connectivity index (χ2v) is 7.80. The molecule has 26 heavy (non-hydrogen) atoms. The highest BCUT2D eigenvalue weighted by atomic mass is 32.2. The standard InChI is InChI=1S/C17H14N4O3S2/c1-9-2-4-10(5-3-9)7-19-12(22)8-25-16-11(6-18)13-14(26-16)15(23)21-17(24)20-13/h2-5H,7-8H2,1H3,(H,19,22)(H2,20,21,23,24). The number of aromatic nitrogens is 2. The molecule has 3 rings (SSSR count). The van der Waals surface area contributed by atoms with Gasteiger partial charge in [-0.15, -0.1) is 23.1 Å². The highest BCUT2D eigenvalue weighted by Crippen LogP contribution is 2.34. The molecule has 0 aliphatic carbocycles. The molecule has 1 aromatic carbocycles. The van der Waals surface area contributed by atoms with Crippen molar-refractivity contribution in [2.24, 2.45) is 0 Å². The molecule has 7 nitrogen and oxygen atoms in total. The van der Waals surface area contributed by atoms with Crippen LogP contribution < -0.4 is 16.6 Å². The Morgan fingerprint density at radius 2 is 2.00 bits per heavy atom. The summed E-state index contributed by atoms with van der Waals surface area (Å²) in [4.78, 5) is 39.9. The van der Waals surface area contributed by atoms with Gasteiger partial charge in [0.1, 0.15) is 16.3 Å². The fourth-order valence-corrected chi connectivity index (χ4v) is 4.44. The van der Waals surface area contributed by atoms with Crippen LogP contribution in [0, 0.1) is 18.3 Å². The quantitative estimate of drug-likeness (QED) is 0.579. The minimum Gasteiger partial charge on any atom is -0.351 e. The third-order valence-electron chi connectivity index (χ3n) is 3.60. The first-order valence-electron chi connectivity index (χ1n) is 7.62. The molecule has 0 fully saturated rings. The number of nitriles is 1. The van der Waals surface area contributed by atoms with E-state index in [2.05, 4.69) is 15.3 Å². The second kappa shape index (κ2) is 7.59. The lowest BCUT2D eigenvalue weighted by Gasteiger charge is -2.05. The maximum atomic E-state index is 12.1. The Labute approximate surface area is 156 Å². The zero-order chi connectivity index (χ0) is 18.7. The van der Waals surface area contributed by atoms with Crippen molar-refractivity contribution in [3.8, 4) is 6.07 Å². The van der Waals surface area contributed by atoms with Gasteiger partial charge in [-0.25, -0.2) is 4.79 Å². The van der Waals surface area contributed by atoms with E-state index < -0.39 is 11.2 Å². The molecule has 3 N–H and O–H groups in total. The summed E-state index contributed by atoms with van der Waals surface area (Å²) in [7, 11) is 0. The summed E-state index contributed by atoms with van der Waals surface area (Å²) in [5.74, 6) is -0.0745. The van der Waals surface area contributed by atoms with Crippen molar-refractivity contribution >= 4 is 39.2 Å². The van der Waals surface area contributed by atoms with Crippen LogP contribution in [0.4, 0.5) is 0 Å². The summed E-state index contributed by atoms with van der Waals surface area (Å²) in [6.07, 6.45) is 0. The zero-order valence-corrected chi connectivity index (χ0v) is 15.3. The van der Waals surface area contributed by atoms with Crippen LogP contribution in [0.1, 0.15) is 16.7 Å². The number of fused-ring (bicyclic) bond motifs is 1. The van der Waals surface area contributed by atoms with Crippen LogP contribution in [0.25, 0.3) is 10.2 Å². The molecule has 0 saturated heterocycles. The molecule has 0 unspecified atom stereocenters. The molecule has 0 aliphatic heterocycles. The fraction of sp³-hybridized carbons (Fsp3) is 0.176. The predicted molar refractivity (Wildman–Crippen MR) is 102 cm³/mol. The first-order chi connectivity index (χ1) is 12.5. The number of nitrogens with zero attached hydrogens (tertiary/aromatic N) is 1. The second-order valence-electron chi connectivity index (χ2n) is 5.54. The Morgan fingerprint density at radius 1 is 1.27 bits per heavy atom. The summed E-state index contributed by atoms with van der Waals surface area (Å²) < 4.78 is 0.795. The predicted octanol–water partition coefficient (Wildman–Crippen LogP) is 1.87. The molecule has 9 heteroatoms. The number of thioether (sulfide) groups is 1. The first-order valence-corrected chi connectivity index (χ1v) is 9.42. The summed E-state index contributed by atoms with van der Waals surface area (Å²) in [6, 6.07) is 9.85. The fourth-order valence-electron chi connectivity index (χ4n) is 2.29. The van der Waals surface area contributed by atoms with Crippen molar-refractivity contribution in [1.29, 1.82) is 5.26 Å². The Balaban J connectivity index is 1.69. The number of thiophene rings is 1. The van der Waals surface area contributed by atoms with E-state index in [9.17, 15) is 19.6 Å². The number of H-pyrrole nitrogens is 2. The van der Waals surface area contributed by atoms with Crippen molar-refractivity contribution in [1.82, 2.24) is 15.3 Å². The van der Waals surface area contributed by atoms with Crippen LogP contribution in [0.5, 0.6) is 0 Å². The van der Waals surface area contributed by atoms with Gasteiger partial charge >= 0.3 is 5.69 Å². The van der Waals surface area contributed by atoms with E-state index in [0.29, 0.717) is 10.8 Å². The zero-order valence-electron chi connectivity index (χ0n) is 13.7. The normalized spacial score (nSPS) is 10.6. The Bertz CT molecular complexity index is 1120. The number of rotatable bonds is 5. The van der Waals surface area contributed by atoms with Crippen LogP contribution >= 0.6 is 23.1 Å². The average Bonchev–Trinajstić information content (AvgIpc) is 2.97. The van der Waals surface area contributed by atoms with Gasteiger partial charge in [0.25, 0.3) is 5.56 Å².